The Hall–Kier alpha value is -2.64. The number of amides is 1. The van der Waals surface area contributed by atoms with E-state index in [1.165, 1.54) is 12.1 Å². The minimum atomic E-state index is -0.388. The van der Waals surface area contributed by atoms with Crippen LogP contribution < -0.4 is 26.3 Å². The maximum Gasteiger partial charge on any atom is 0.287 e. The Balaban J connectivity index is 1.65. The number of hydrazine groups is 1. The monoisotopic (exact) mass is 343 g/mol. The van der Waals surface area contributed by atoms with Crippen LogP contribution in [-0.2, 0) is 0 Å². The van der Waals surface area contributed by atoms with Gasteiger partial charge in [0.25, 0.3) is 5.91 Å². The summed E-state index contributed by atoms with van der Waals surface area (Å²) in [7, 11) is 1.63. The van der Waals surface area contributed by atoms with Crippen LogP contribution in [0.3, 0.4) is 0 Å². The number of benzene rings is 1. The van der Waals surface area contributed by atoms with E-state index in [9.17, 15) is 9.59 Å². The van der Waals surface area contributed by atoms with Gasteiger partial charge in [0.05, 0.1) is 13.2 Å². The van der Waals surface area contributed by atoms with E-state index in [0.29, 0.717) is 12.3 Å². The van der Waals surface area contributed by atoms with E-state index in [2.05, 4.69) is 16.2 Å². The molecule has 2 aromatic rings. The molecule has 1 aliphatic heterocycles. The van der Waals surface area contributed by atoms with Gasteiger partial charge in [-0.15, -0.1) is 0 Å². The van der Waals surface area contributed by atoms with Crippen molar-refractivity contribution >= 4 is 5.91 Å². The highest BCUT2D eigenvalue weighted by Gasteiger charge is 2.28. The normalized spacial score (nSPS) is 19.6. The van der Waals surface area contributed by atoms with Gasteiger partial charge in [0.1, 0.15) is 11.5 Å². The Labute approximate surface area is 145 Å². The largest absolute Gasteiger partial charge is 0.497 e. The van der Waals surface area contributed by atoms with E-state index in [1.807, 2.05) is 24.3 Å². The van der Waals surface area contributed by atoms with Crippen LogP contribution in [0.5, 0.6) is 5.75 Å². The Morgan fingerprint density at radius 1 is 1.32 bits per heavy atom. The minimum absolute atomic E-state index is 0.0323. The maximum absolute atomic E-state index is 12.2. The predicted octanol–water partition coefficient (Wildman–Crippen LogP) is 1.15. The Bertz CT molecular complexity index is 801. The molecule has 3 rings (SSSR count). The van der Waals surface area contributed by atoms with Crippen molar-refractivity contribution in [3.05, 3.63) is 63.7 Å². The quantitative estimate of drug-likeness (QED) is 0.754. The molecule has 1 saturated heterocycles. The first-order chi connectivity index (χ1) is 12.1. The highest BCUT2D eigenvalue weighted by Crippen LogP contribution is 2.26. The molecule has 0 radical (unpaired) electrons. The molecule has 25 heavy (non-hydrogen) atoms. The van der Waals surface area contributed by atoms with Crippen LogP contribution in [0.2, 0.25) is 0 Å². The van der Waals surface area contributed by atoms with E-state index in [1.54, 1.807) is 14.0 Å². The van der Waals surface area contributed by atoms with Crippen molar-refractivity contribution in [3.63, 3.8) is 0 Å². The number of rotatable bonds is 5. The van der Waals surface area contributed by atoms with Crippen molar-refractivity contribution in [1.29, 1.82) is 0 Å². The molecular weight excluding hydrogens is 322 g/mol. The second-order valence-corrected chi connectivity index (χ2v) is 6.01. The van der Waals surface area contributed by atoms with Gasteiger partial charge in [-0.1, -0.05) is 12.1 Å². The van der Waals surface area contributed by atoms with Crippen LogP contribution in [0.4, 0.5) is 0 Å². The first-order valence-electron chi connectivity index (χ1n) is 8.09. The van der Waals surface area contributed by atoms with Gasteiger partial charge in [-0.25, -0.2) is 5.43 Å². The molecule has 1 aromatic carbocycles. The lowest BCUT2D eigenvalue weighted by molar-refractivity contribution is 0.0915. The first kappa shape index (κ1) is 17.2. The molecule has 132 valence electrons. The van der Waals surface area contributed by atoms with Gasteiger partial charge in [0.15, 0.2) is 11.2 Å². The predicted molar refractivity (Wildman–Crippen MR) is 92.4 cm³/mol. The van der Waals surface area contributed by atoms with Crippen molar-refractivity contribution in [2.45, 2.75) is 13.0 Å². The summed E-state index contributed by atoms with van der Waals surface area (Å²) in [5.74, 6) is 1.02. The number of hydrogen-bond donors (Lipinski definition) is 3. The average Bonchev–Trinajstić information content (AvgIpc) is 3.07. The van der Waals surface area contributed by atoms with Gasteiger partial charge in [-0.2, -0.15) is 0 Å². The topological polar surface area (TPSA) is 92.6 Å². The summed E-state index contributed by atoms with van der Waals surface area (Å²) in [6, 6.07) is 10.4. The molecule has 0 saturated carbocycles. The molecule has 3 N–H and O–H groups in total. The van der Waals surface area contributed by atoms with Gasteiger partial charge in [-0.3, -0.25) is 15.0 Å². The summed E-state index contributed by atoms with van der Waals surface area (Å²) in [6.45, 7) is 2.81. The van der Waals surface area contributed by atoms with E-state index < -0.39 is 0 Å². The molecule has 7 nitrogen and oxygen atoms in total. The van der Waals surface area contributed by atoms with Crippen molar-refractivity contribution in [2.24, 2.45) is 5.92 Å². The standard InChI is InChI=1S/C18H21N3O4/c1-11-7-14(22)8-16(25-11)18(23)19-9-13-10-20-21-17(13)12-3-5-15(24-2)6-4-12/h3-8,13,17,20-21H,9-10H2,1-2H3,(H,19,23). The van der Waals surface area contributed by atoms with Crippen molar-refractivity contribution < 1.29 is 13.9 Å². The van der Waals surface area contributed by atoms with Crippen LogP contribution >= 0.6 is 0 Å². The fourth-order valence-electron chi connectivity index (χ4n) is 2.92. The van der Waals surface area contributed by atoms with Crippen LogP contribution in [0, 0.1) is 12.8 Å². The molecule has 2 heterocycles. The van der Waals surface area contributed by atoms with Gasteiger partial charge in [0.2, 0.25) is 0 Å². The van der Waals surface area contributed by atoms with Gasteiger partial charge >= 0.3 is 0 Å². The molecule has 0 spiro atoms. The van der Waals surface area contributed by atoms with Crippen LogP contribution in [0.1, 0.15) is 27.9 Å². The summed E-state index contributed by atoms with van der Waals surface area (Å²) < 4.78 is 10.5. The van der Waals surface area contributed by atoms with Crippen molar-refractivity contribution in [2.75, 3.05) is 20.2 Å². The summed E-state index contributed by atoms with van der Waals surface area (Å²) in [5.41, 5.74) is 7.21. The summed E-state index contributed by atoms with van der Waals surface area (Å²) in [4.78, 5) is 23.7. The van der Waals surface area contributed by atoms with Gasteiger partial charge < -0.3 is 14.5 Å². The number of nitrogens with one attached hydrogen (secondary N) is 3. The Morgan fingerprint density at radius 3 is 2.76 bits per heavy atom. The second kappa shape index (κ2) is 7.50. The van der Waals surface area contributed by atoms with E-state index in [4.69, 9.17) is 9.15 Å². The number of hydrogen-bond acceptors (Lipinski definition) is 6. The number of aryl methyl sites for hydroxylation is 1. The zero-order valence-corrected chi connectivity index (χ0v) is 14.2. The van der Waals surface area contributed by atoms with Crippen molar-refractivity contribution in [3.8, 4) is 5.75 Å². The van der Waals surface area contributed by atoms with Gasteiger partial charge in [0, 0.05) is 31.1 Å². The maximum atomic E-state index is 12.2. The summed E-state index contributed by atoms with van der Waals surface area (Å²) in [5, 5.41) is 2.84. The highest BCUT2D eigenvalue weighted by atomic mass is 16.5. The third-order valence-corrected chi connectivity index (χ3v) is 4.21. The number of ether oxygens (including phenoxy) is 1. The zero-order chi connectivity index (χ0) is 17.8. The number of carbonyl (C=O) groups excluding carboxylic acids is 1. The lowest BCUT2D eigenvalue weighted by Crippen LogP contribution is -2.33. The fraction of sp³-hybridized carbons (Fsp3) is 0.333. The molecule has 1 fully saturated rings. The smallest absolute Gasteiger partial charge is 0.287 e. The molecule has 0 aliphatic carbocycles. The lowest BCUT2D eigenvalue weighted by atomic mass is 9.95. The molecular formula is C18H21N3O4. The molecule has 0 bridgehead atoms. The zero-order valence-electron chi connectivity index (χ0n) is 14.2. The molecule has 1 amide bonds. The molecule has 2 unspecified atom stereocenters. The Morgan fingerprint density at radius 2 is 2.08 bits per heavy atom. The van der Waals surface area contributed by atoms with E-state index in [-0.39, 0.29) is 29.1 Å². The van der Waals surface area contributed by atoms with Crippen LogP contribution in [0.15, 0.2) is 45.6 Å². The molecule has 2 atom stereocenters. The van der Waals surface area contributed by atoms with Crippen LogP contribution in [-0.4, -0.2) is 26.1 Å². The van der Waals surface area contributed by atoms with Gasteiger partial charge in [-0.05, 0) is 24.6 Å². The summed E-state index contributed by atoms with van der Waals surface area (Å²) >= 11 is 0. The number of carbonyl (C=O) groups is 1. The first-order valence-corrected chi connectivity index (χ1v) is 8.09. The van der Waals surface area contributed by atoms with Crippen molar-refractivity contribution in [1.82, 2.24) is 16.2 Å². The Kier molecular flexibility index (Phi) is 5.16. The molecule has 1 aromatic heterocycles. The number of methoxy groups -OCH3 is 1. The fourth-order valence-corrected chi connectivity index (χ4v) is 2.92. The van der Waals surface area contributed by atoms with E-state index >= 15 is 0 Å². The third kappa shape index (κ3) is 4.07. The molecule has 1 aliphatic rings. The highest BCUT2D eigenvalue weighted by molar-refractivity contribution is 5.91. The third-order valence-electron chi connectivity index (χ3n) is 4.21. The summed E-state index contributed by atoms with van der Waals surface area (Å²) in [6.07, 6.45) is 0. The average molecular weight is 343 g/mol. The minimum Gasteiger partial charge on any atom is -0.497 e. The molecule has 7 heteroatoms. The van der Waals surface area contributed by atoms with E-state index in [0.717, 1.165) is 17.9 Å². The lowest BCUT2D eigenvalue weighted by Gasteiger charge is -2.19. The SMILES string of the molecule is COc1ccc(C2NNCC2CNC(=O)c2cc(=O)cc(C)o2)cc1. The second-order valence-electron chi connectivity index (χ2n) is 6.01. The van der Waals surface area contributed by atoms with Crippen LogP contribution in [0.25, 0.3) is 0 Å².